The van der Waals surface area contributed by atoms with Crippen LogP contribution < -0.4 is 5.73 Å². The van der Waals surface area contributed by atoms with Gasteiger partial charge in [0.05, 0.1) is 10.2 Å². The molecule has 0 saturated heterocycles. The van der Waals surface area contributed by atoms with Crippen molar-refractivity contribution in [2.24, 2.45) is 5.73 Å². The van der Waals surface area contributed by atoms with Gasteiger partial charge in [-0.05, 0) is 37.9 Å². The topological polar surface area (TPSA) is 26.0 Å². The molecule has 2 N–H and O–H groups in total. The van der Waals surface area contributed by atoms with Gasteiger partial charge in [-0.2, -0.15) is 13.2 Å². The molecular weight excluding hydrogens is 382 g/mol. The molecule has 1 aromatic heterocycles. The highest BCUT2D eigenvalue weighted by atomic mass is 79.9. The van der Waals surface area contributed by atoms with Gasteiger partial charge >= 0.3 is 6.18 Å². The maximum absolute atomic E-state index is 12.0. The molecule has 88 valence electrons. The first-order valence-corrected chi connectivity index (χ1v) is 5.97. The fourth-order valence-electron chi connectivity index (χ4n) is 0.896. The molecule has 0 aliphatic rings. The van der Waals surface area contributed by atoms with E-state index in [0.717, 1.165) is 8.26 Å². The molecule has 15 heavy (non-hydrogen) atoms. The summed E-state index contributed by atoms with van der Waals surface area (Å²) in [7, 11) is 0. The number of thiophene rings is 1. The average Bonchev–Trinajstić information content (AvgIpc) is 2.28. The van der Waals surface area contributed by atoms with E-state index < -0.39 is 18.6 Å². The minimum Gasteiger partial charge on any atom is -0.323 e. The number of alkyl halides is 3. The SMILES string of the molecule is Cl.N[C@@H](CC(F)(F)F)c1cc(Br)c(Br)s1. The van der Waals surface area contributed by atoms with Crippen molar-refractivity contribution in [1.82, 2.24) is 0 Å². The van der Waals surface area contributed by atoms with Crippen LogP contribution in [0, 0.1) is 0 Å². The zero-order chi connectivity index (χ0) is 10.9. The van der Waals surface area contributed by atoms with Gasteiger partial charge < -0.3 is 5.73 Å². The lowest BCUT2D eigenvalue weighted by Crippen LogP contribution is -2.19. The molecule has 8 heteroatoms. The summed E-state index contributed by atoms with van der Waals surface area (Å²) in [6.45, 7) is 0. The van der Waals surface area contributed by atoms with Crippen LogP contribution in [0.1, 0.15) is 17.3 Å². The lowest BCUT2D eigenvalue weighted by Gasteiger charge is -2.11. The van der Waals surface area contributed by atoms with E-state index in [1.165, 1.54) is 11.3 Å². The van der Waals surface area contributed by atoms with Crippen molar-refractivity contribution in [3.8, 4) is 0 Å². The van der Waals surface area contributed by atoms with Gasteiger partial charge in [0.1, 0.15) is 0 Å². The normalized spacial score (nSPS) is 13.5. The molecule has 0 bridgehead atoms. The molecule has 0 amide bonds. The van der Waals surface area contributed by atoms with E-state index in [0.29, 0.717) is 4.88 Å². The van der Waals surface area contributed by atoms with Crippen molar-refractivity contribution >= 4 is 55.6 Å². The highest BCUT2D eigenvalue weighted by Crippen LogP contribution is 2.37. The maximum atomic E-state index is 12.0. The Morgan fingerprint density at radius 3 is 2.27 bits per heavy atom. The van der Waals surface area contributed by atoms with Crippen LogP contribution in [0.25, 0.3) is 0 Å². The molecule has 0 saturated carbocycles. The van der Waals surface area contributed by atoms with E-state index in [-0.39, 0.29) is 12.4 Å². The summed E-state index contributed by atoms with van der Waals surface area (Å²) < 4.78 is 37.5. The minimum absolute atomic E-state index is 0. The Morgan fingerprint density at radius 1 is 1.40 bits per heavy atom. The molecule has 0 spiro atoms. The van der Waals surface area contributed by atoms with E-state index in [9.17, 15) is 13.2 Å². The first-order valence-electron chi connectivity index (χ1n) is 3.56. The van der Waals surface area contributed by atoms with Crippen LogP contribution in [-0.2, 0) is 0 Å². The quantitative estimate of drug-likeness (QED) is 0.783. The van der Waals surface area contributed by atoms with Gasteiger partial charge in [0.15, 0.2) is 0 Å². The van der Waals surface area contributed by atoms with Crippen molar-refractivity contribution in [2.45, 2.75) is 18.6 Å². The second kappa shape index (κ2) is 5.86. The average molecular weight is 389 g/mol. The van der Waals surface area contributed by atoms with Crippen LogP contribution in [0.4, 0.5) is 13.2 Å². The van der Waals surface area contributed by atoms with Crippen LogP contribution in [-0.4, -0.2) is 6.18 Å². The van der Waals surface area contributed by atoms with Crippen LogP contribution >= 0.6 is 55.6 Å². The summed E-state index contributed by atoms with van der Waals surface area (Å²) in [5.74, 6) is 0. The largest absolute Gasteiger partial charge is 0.390 e. The zero-order valence-electron chi connectivity index (χ0n) is 7.15. The Hall–Kier alpha value is 0.700. The molecule has 0 fully saturated rings. The van der Waals surface area contributed by atoms with Gasteiger partial charge in [-0.1, -0.05) is 0 Å². The number of nitrogens with two attached hydrogens (primary N) is 1. The predicted molar refractivity (Wildman–Crippen MR) is 64.6 cm³/mol. The molecule has 1 nitrogen and oxygen atoms in total. The standard InChI is InChI=1S/C7H6Br2F3NS.ClH/c8-3-1-5(14-6(3)9)4(13)2-7(10,11)12;/h1,4H,2,13H2;1H/t4-;/m0./s1. The molecule has 1 aromatic rings. The lowest BCUT2D eigenvalue weighted by atomic mass is 10.2. The number of rotatable bonds is 2. The maximum Gasteiger partial charge on any atom is 0.390 e. The van der Waals surface area contributed by atoms with Crippen molar-refractivity contribution in [1.29, 1.82) is 0 Å². The summed E-state index contributed by atoms with van der Waals surface area (Å²) >= 11 is 7.60. The fourth-order valence-corrected chi connectivity index (χ4v) is 2.99. The third kappa shape index (κ3) is 5.04. The first-order chi connectivity index (χ1) is 6.29. The molecule has 1 heterocycles. The van der Waals surface area contributed by atoms with Gasteiger partial charge in [0, 0.05) is 15.4 Å². The van der Waals surface area contributed by atoms with Gasteiger partial charge in [-0.25, -0.2) is 0 Å². The van der Waals surface area contributed by atoms with Gasteiger partial charge in [0.25, 0.3) is 0 Å². The molecule has 0 unspecified atom stereocenters. The number of hydrogen-bond donors (Lipinski definition) is 1. The highest BCUT2D eigenvalue weighted by Gasteiger charge is 2.31. The second-order valence-electron chi connectivity index (χ2n) is 2.70. The van der Waals surface area contributed by atoms with Gasteiger partial charge in [-0.3, -0.25) is 0 Å². The summed E-state index contributed by atoms with van der Waals surface area (Å²) in [4.78, 5) is 0.515. The van der Waals surface area contributed by atoms with Crippen molar-refractivity contribution in [2.75, 3.05) is 0 Å². The molecule has 0 aliphatic carbocycles. The Labute approximate surface area is 112 Å². The summed E-state index contributed by atoms with van der Waals surface area (Å²) in [5, 5.41) is 0. The monoisotopic (exact) mass is 387 g/mol. The van der Waals surface area contributed by atoms with E-state index in [2.05, 4.69) is 31.9 Å². The summed E-state index contributed by atoms with van der Waals surface area (Å²) in [5.41, 5.74) is 5.41. The van der Waals surface area contributed by atoms with Crippen molar-refractivity contribution in [3.63, 3.8) is 0 Å². The Bertz CT molecular complexity index is 309. The Balaban J connectivity index is 0.00000196. The van der Waals surface area contributed by atoms with Crippen LogP contribution in [0.2, 0.25) is 0 Å². The second-order valence-corrected chi connectivity index (χ2v) is 5.95. The third-order valence-corrected chi connectivity index (χ3v) is 4.87. The fraction of sp³-hybridized carbons (Fsp3) is 0.429. The molecular formula is C7H7Br2ClF3NS. The smallest absolute Gasteiger partial charge is 0.323 e. The first kappa shape index (κ1) is 15.7. The van der Waals surface area contributed by atoms with Gasteiger partial charge in [0.2, 0.25) is 0 Å². The Kier molecular flexibility index (Phi) is 6.13. The molecule has 0 aliphatic heterocycles. The van der Waals surface area contributed by atoms with Gasteiger partial charge in [-0.15, -0.1) is 23.7 Å². The van der Waals surface area contributed by atoms with Crippen molar-refractivity contribution < 1.29 is 13.2 Å². The minimum atomic E-state index is -4.22. The van der Waals surface area contributed by atoms with Crippen LogP contribution in [0.3, 0.4) is 0 Å². The molecule has 1 atom stereocenters. The third-order valence-electron chi connectivity index (χ3n) is 1.48. The van der Waals surface area contributed by atoms with E-state index in [1.54, 1.807) is 6.07 Å². The van der Waals surface area contributed by atoms with Crippen molar-refractivity contribution in [3.05, 3.63) is 19.2 Å². The molecule has 1 rings (SSSR count). The Morgan fingerprint density at radius 2 is 1.93 bits per heavy atom. The van der Waals surface area contributed by atoms with E-state index >= 15 is 0 Å². The van der Waals surface area contributed by atoms with Crippen LogP contribution in [0.15, 0.2) is 14.3 Å². The number of hydrogen-bond acceptors (Lipinski definition) is 2. The summed E-state index contributed by atoms with van der Waals surface area (Å²) in [6.07, 6.45) is -5.21. The summed E-state index contributed by atoms with van der Waals surface area (Å²) in [6, 6.07) is 0.619. The van der Waals surface area contributed by atoms with Crippen LogP contribution in [0.5, 0.6) is 0 Å². The highest BCUT2D eigenvalue weighted by molar-refractivity contribution is 9.13. The predicted octanol–water partition coefficient (Wildman–Crippen LogP) is 4.65. The molecule has 0 aromatic carbocycles. The number of halogens is 6. The molecule has 0 radical (unpaired) electrons. The zero-order valence-corrected chi connectivity index (χ0v) is 12.0. The van der Waals surface area contributed by atoms with E-state index in [4.69, 9.17) is 5.73 Å². The lowest BCUT2D eigenvalue weighted by molar-refractivity contribution is -0.138. The van der Waals surface area contributed by atoms with E-state index in [1.807, 2.05) is 0 Å².